The number of sulfone groups is 1. The Labute approximate surface area is 94.2 Å². The molecule has 0 heterocycles. The van der Waals surface area contributed by atoms with E-state index in [1.807, 2.05) is 20.8 Å². The molecule has 0 amide bonds. The molecular formula is C11H14F2O2S. The smallest absolute Gasteiger partial charge is 0.218 e. The lowest BCUT2D eigenvalue weighted by Gasteiger charge is -2.19. The van der Waals surface area contributed by atoms with Gasteiger partial charge in [0, 0.05) is 0 Å². The average Bonchev–Trinajstić information content (AvgIpc) is 2.16. The molecule has 0 aliphatic carbocycles. The van der Waals surface area contributed by atoms with Crippen LogP contribution in [0.25, 0.3) is 0 Å². The van der Waals surface area contributed by atoms with Crippen LogP contribution >= 0.6 is 0 Å². The Morgan fingerprint density at radius 1 is 1.06 bits per heavy atom. The average molecular weight is 248 g/mol. The summed E-state index contributed by atoms with van der Waals surface area (Å²) in [7, 11) is -4.47. The molecule has 0 aliphatic heterocycles. The van der Waals surface area contributed by atoms with Gasteiger partial charge < -0.3 is 0 Å². The number of rotatable bonds is 2. The molecule has 0 aromatic heterocycles. The Hall–Kier alpha value is -0.970. The van der Waals surface area contributed by atoms with Crippen molar-refractivity contribution in [2.24, 2.45) is 0 Å². The van der Waals surface area contributed by atoms with Crippen LogP contribution in [0, 0.1) is 0 Å². The maximum Gasteiger partial charge on any atom is 0.341 e. The first-order valence-electron chi connectivity index (χ1n) is 4.78. The summed E-state index contributed by atoms with van der Waals surface area (Å²) in [5.74, 6) is -3.37. The zero-order valence-electron chi connectivity index (χ0n) is 9.37. The zero-order chi connectivity index (χ0) is 12.6. The van der Waals surface area contributed by atoms with E-state index in [0.717, 1.165) is 5.56 Å². The Balaban J connectivity index is 3.15. The summed E-state index contributed by atoms with van der Waals surface area (Å²) in [6.45, 7) is 5.89. The maximum absolute atomic E-state index is 12.2. The molecule has 0 atom stereocenters. The van der Waals surface area contributed by atoms with Crippen LogP contribution in [0.5, 0.6) is 0 Å². The Bertz CT molecular complexity index is 456. The minimum atomic E-state index is -4.47. The summed E-state index contributed by atoms with van der Waals surface area (Å²) in [5.41, 5.74) is 0.772. The third-order valence-corrected chi connectivity index (χ3v) is 3.68. The van der Waals surface area contributed by atoms with Crippen molar-refractivity contribution < 1.29 is 17.2 Å². The SMILES string of the molecule is CC(C)(C)c1ccc(S(=O)(=O)C(F)F)cc1. The normalized spacial score (nSPS) is 13.1. The number of hydrogen-bond donors (Lipinski definition) is 0. The van der Waals surface area contributed by atoms with Gasteiger partial charge in [0.25, 0.3) is 0 Å². The maximum atomic E-state index is 12.2. The molecule has 0 aliphatic rings. The van der Waals surface area contributed by atoms with Crippen LogP contribution in [0.1, 0.15) is 26.3 Å². The van der Waals surface area contributed by atoms with E-state index in [9.17, 15) is 17.2 Å². The van der Waals surface area contributed by atoms with E-state index in [0.29, 0.717) is 0 Å². The predicted molar refractivity (Wildman–Crippen MR) is 58.3 cm³/mol. The molecule has 16 heavy (non-hydrogen) atoms. The third kappa shape index (κ3) is 2.58. The van der Waals surface area contributed by atoms with Gasteiger partial charge in [0.15, 0.2) is 0 Å². The van der Waals surface area contributed by atoms with Crippen molar-refractivity contribution in [3.8, 4) is 0 Å². The predicted octanol–water partition coefficient (Wildman–Crippen LogP) is 2.98. The topological polar surface area (TPSA) is 34.1 Å². The third-order valence-electron chi connectivity index (χ3n) is 2.28. The molecule has 1 rings (SSSR count). The van der Waals surface area contributed by atoms with E-state index in [1.165, 1.54) is 12.1 Å². The van der Waals surface area contributed by atoms with Gasteiger partial charge in [-0.1, -0.05) is 32.9 Å². The van der Waals surface area contributed by atoms with Crippen LogP contribution in [-0.2, 0) is 15.3 Å². The highest BCUT2D eigenvalue weighted by atomic mass is 32.2. The van der Waals surface area contributed by atoms with Crippen LogP contribution in [0.15, 0.2) is 29.2 Å². The van der Waals surface area contributed by atoms with Gasteiger partial charge in [0.2, 0.25) is 9.84 Å². The lowest BCUT2D eigenvalue weighted by molar-refractivity contribution is 0.234. The Kier molecular flexibility index (Phi) is 3.38. The van der Waals surface area contributed by atoms with Crippen molar-refractivity contribution in [3.63, 3.8) is 0 Å². The first kappa shape index (κ1) is 13.1. The molecular weight excluding hydrogens is 234 g/mol. The molecule has 0 unspecified atom stereocenters. The highest BCUT2D eigenvalue weighted by Gasteiger charge is 2.26. The summed E-state index contributed by atoms with van der Waals surface area (Å²) in [6, 6.07) is 5.58. The van der Waals surface area contributed by atoms with E-state index in [4.69, 9.17) is 0 Å². The van der Waals surface area contributed by atoms with Gasteiger partial charge in [-0.05, 0) is 23.1 Å². The highest BCUT2D eigenvalue weighted by Crippen LogP contribution is 2.25. The lowest BCUT2D eigenvalue weighted by Crippen LogP contribution is -2.13. The Morgan fingerprint density at radius 2 is 1.50 bits per heavy atom. The summed E-state index contributed by atoms with van der Waals surface area (Å²) in [4.78, 5) is -0.337. The molecule has 1 aromatic rings. The minimum absolute atomic E-state index is 0.132. The molecule has 0 N–H and O–H groups in total. The van der Waals surface area contributed by atoms with Crippen molar-refractivity contribution in [1.29, 1.82) is 0 Å². The molecule has 2 nitrogen and oxygen atoms in total. The van der Waals surface area contributed by atoms with Gasteiger partial charge in [-0.3, -0.25) is 0 Å². The van der Waals surface area contributed by atoms with Crippen molar-refractivity contribution >= 4 is 9.84 Å². The van der Waals surface area contributed by atoms with E-state index >= 15 is 0 Å². The number of hydrogen-bond acceptors (Lipinski definition) is 2. The summed E-state index contributed by atoms with van der Waals surface area (Å²) in [5, 5.41) is 0. The molecule has 0 bridgehead atoms. The Morgan fingerprint density at radius 3 is 1.81 bits per heavy atom. The van der Waals surface area contributed by atoms with E-state index in [2.05, 4.69) is 0 Å². The monoisotopic (exact) mass is 248 g/mol. The van der Waals surface area contributed by atoms with Crippen molar-refractivity contribution in [3.05, 3.63) is 29.8 Å². The van der Waals surface area contributed by atoms with Crippen LogP contribution in [0.3, 0.4) is 0 Å². The standard InChI is InChI=1S/C11H14F2O2S/c1-11(2,3)8-4-6-9(7-5-8)16(14,15)10(12)13/h4-7,10H,1-3H3. The fourth-order valence-corrected chi connectivity index (χ4v) is 1.97. The first-order valence-corrected chi connectivity index (χ1v) is 6.33. The number of alkyl halides is 2. The van der Waals surface area contributed by atoms with Gasteiger partial charge in [-0.25, -0.2) is 8.42 Å². The first-order chi connectivity index (χ1) is 7.15. The fraction of sp³-hybridized carbons (Fsp3) is 0.455. The van der Waals surface area contributed by atoms with Gasteiger partial charge >= 0.3 is 5.76 Å². The van der Waals surface area contributed by atoms with Gasteiger partial charge in [0.1, 0.15) is 0 Å². The van der Waals surface area contributed by atoms with Crippen molar-refractivity contribution in [2.45, 2.75) is 36.8 Å². The molecule has 0 fully saturated rings. The van der Waals surface area contributed by atoms with Gasteiger partial charge in [-0.2, -0.15) is 8.78 Å². The minimum Gasteiger partial charge on any atom is -0.218 e. The quantitative estimate of drug-likeness (QED) is 0.806. The number of halogens is 2. The lowest BCUT2D eigenvalue weighted by atomic mass is 9.87. The summed E-state index contributed by atoms with van der Waals surface area (Å²) < 4.78 is 46.8. The van der Waals surface area contributed by atoms with E-state index in [1.54, 1.807) is 12.1 Å². The summed E-state index contributed by atoms with van der Waals surface area (Å²) >= 11 is 0. The van der Waals surface area contributed by atoms with Crippen LogP contribution in [-0.4, -0.2) is 14.2 Å². The molecule has 0 saturated heterocycles. The summed E-state index contributed by atoms with van der Waals surface area (Å²) in [6.07, 6.45) is 0. The van der Waals surface area contributed by atoms with Crippen molar-refractivity contribution in [2.75, 3.05) is 0 Å². The van der Waals surface area contributed by atoms with Crippen LogP contribution in [0.4, 0.5) is 8.78 Å². The second-order valence-electron chi connectivity index (χ2n) is 4.58. The fourth-order valence-electron chi connectivity index (χ4n) is 1.25. The second-order valence-corrected chi connectivity index (χ2v) is 6.50. The molecule has 1 aromatic carbocycles. The highest BCUT2D eigenvalue weighted by molar-refractivity contribution is 7.91. The number of benzene rings is 1. The van der Waals surface area contributed by atoms with E-state index in [-0.39, 0.29) is 10.3 Å². The van der Waals surface area contributed by atoms with E-state index < -0.39 is 15.6 Å². The zero-order valence-corrected chi connectivity index (χ0v) is 10.2. The largest absolute Gasteiger partial charge is 0.341 e. The van der Waals surface area contributed by atoms with Crippen LogP contribution in [0.2, 0.25) is 0 Å². The van der Waals surface area contributed by atoms with Gasteiger partial charge in [0.05, 0.1) is 4.90 Å². The molecule has 5 heteroatoms. The van der Waals surface area contributed by atoms with Crippen LogP contribution < -0.4 is 0 Å². The molecule has 0 saturated carbocycles. The molecule has 0 spiro atoms. The second kappa shape index (κ2) is 4.13. The van der Waals surface area contributed by atoms with Crippen molar-refractivity contribution in [1.82, 2.24) is 0 Å². The van der Waals surface area contributed by atoms with Gasteiger partial charge in [-0.15, -0.1) is 0 Å². The molecule has 90 valence electrons. The molecule has 0 radical (unpaired) electrons.